The first-order valence-electron chi connectivity index (χ1n) is 3.85. The van der Waals surface area contributed by atoms with Gasteiger partial charge in [0.1, 0.15) is 0 Å². The van der Waals surface area contributed by atoms with Gasteiger partial charge in [0.05, 0.1) is 0 Å². The summed E-state index contributed by atoms with van der Waals surface area (Å²) in [6, 6.07) is 6.25. The number of rotatable bonds is 4. The molecule has 0 saturated heterocycles. The molecule has 0 aliphatic carbocycles. The van der Waals surface area contributed by atoms with Crippen LogP contribution in [0.3, 0.4) is 0 Å². The van der Waals surface area contributed by atoms with E-state index in [9.17, 15) is 12.2 Å². The van der Waals surface area contributed by atoms with E-state index in [1.165, 1.54) is 12.1 Å². The first-order chi connectivity index (χ1) is 6.93. The van der Waals surface area contributed by atoms with Crippen molar-refractivity contribution in [1.29, 1.82) is 0 Å². The molecule has 15 heavy (non-hydrogen) atoms. The molecule has 6 nitrogen and oxygen atoms in total. The second kappa shape index (κ2) is 4.85. The molecule has 0 fully saturated rings. The second-order valence-corrected chi connectivity index (χ2v) is 5.72. The average molecular weight is 292 g/mol. The molecule has 0 spiro atoms. The maximum absolute atomic E-state index is 10.6. The Morgan fingerprint density at radius 2 is 1.87 bits per heavy atom. The quantitative estimate of drug-likeness (QED) is 0.369. The zero-order valence-electron chi connectivity index (χ0n) is 7.49. The Morgan fingerprint density at radius 1 is 1.33 bits per heavy atom. The van der Waals surface area contributed by atoms with Gasteiger partial charge in [-0.25, -0.2) is 0 Å². The van der Waals surface area contributed by atoms with E-state index in [1.807, 2.05) is 0 Å². The third-order valence-corrected chi connectivity index (χ3v) is 3.43. The van der Waals surface area contributed by atoms with Crippen molar-refractivity contribution in [3.8, 4) is 0 Å². The Kier molecular flexibility index (Phi) is 3.98. The topological polar surface area (TPSA) is 109 Å². The van der Waals surface area contributed by atoms with Gasteiger partial charge in [-0.15, -0.1) is 0 Å². The third-order valence-electron chi connectivity index (χ3n) is 1.60. The van der Waals surface area contributed by atoms with E-state index in [0.717, 1.165) is 0 Å². The number of anilines is 1. The minimum atomic E-state index is -4.31. The van der Waals surface area contributed by atoms with Gasteiger partial charge in [-0.2, -0.15) is 0 Å². The molecule has 1 atom stereocenters. The number of hydrogen-bond donors (Lipinski definition) is 3. The molecule has 0 amide bonds. The predicted molar refractivity (Wildman–Crippen MR) is 55.7 cm³/mol. The van der Waals surface area contributed by atoms with Crippen LogP contribution in [0.1, 0.15) is 0 Å². The molecule has 8 heteroatoms. The molecule has 1 aromatic carbocycles. The van der Waals surface area contributed by atoms with Crippen LogP contribution in [-0.2, 0) is 13.9 Å². The van der Waals surface area contributed by atoms with E-state index in [-0.39, 0.29) is 0 Å². The van der Waals surface area contributed by atoms with Gasteiger partial charge in [0.2, 0.25) is 0 Å². The monoisotopic (exact) mass is 292 g/mol. The van der Waals surface area contributed by atoms with E-state index in [1.54, 1.807) is 12.1 Å². The van der Waals surface area contributed by atoms with Crippen LogP contribution >= 0.6 is 0 Å². The Balaban J connectivity index is 2.78. The fourth-order valence-electron chi connectivity index (χ4n) is 0.857. The van der Waals surface area contributed by atoms with Crippen LogP contribution in [-0.4, -0.2) is 34.2 Å². The molecule has 0 aliphatic heterocycles. The first-order valence-corrected chi connectivity index (χ1v) is 7.06. The van der Waals surface area contributed by atoms with Crippen LogP contribution in [0.4, 0.5) is 5.69 Å². The van der Waals surface area contributed by atoms with Gasteiger partial charge in [-0.05, 0) is 0 Å². The van der Waals surface area contributed by atoms with Crippen LogP contribution in [0.25, 0.3) is 0 Å². The molecular formula is C7H9AsN2O4S. The standard InChI is InChI=1S/C7H9AsN2O4S/c9-7(15(12,13)14)10-6-3-1-5(8-11)2-4-6/h1-4,7,10H,9H2,(H,12,13,14). The van der Waals surface area contributed by atoms with Crippen molar-refractivity contribution in [2.45, 2.75) is 5.50 Å². The van der Waals surface area contributed by atoms with Gasteiger partial charge in [-0.3, -0.25) is 0 Å². The molecule has 0 bridgehead atoms. The van der Waals surface area contributed by atoms with Crippen LogP contribution in [0.15, 0.2) is 24.3 Å². The van der Waals surface area contributed by atoms with Crippen LogP contribution < -0.4 is 15.4 Å². The third kappa shape index (κ3) is 3.71. The van der Waals surface area contributed by atoms with Crippen molar-refractivity contribution in [3.63, 3.8) is 0 Å². The SMILES string of the molecule is NC(Nc1ccc([As]=O)cc1)S(=O)(=O)O. The molecular weight excluding hydrogens is 283 g/mol. The molecule has 0 aliphatic rings. The van der Waals surface area contributed by atoms with Crippen molar-refractivity contribution in [1.82, 2.24) is 0 Å². The molecule has 1 rings (SSSR count). The summed E-state index contributed by atoms with van der Waals surface area (Å²) in [5.74, 6) is 0. The fraction of sp³-hybridized carbons (Fsp3) is 0.143. The fourth-order valence-corrected chi connectivity index (χ4v) is 1.71. The number of hydrogen-bond acceptors (Lipinski definition) is 5. The second-order valence-electron chi connectivity index (χ2n) is 2.72. The molecule has 0 radical (unpaired) electrons. The van der Waals surface area contributed by atoms with Gasteiger partial charge in [0.25, 0.3) is 0 Å². The summed E-state index contributed by atoms with van der Waals surface area (Å²) >= 11 is -1.09. The molecule has 4 N–H and O–H groups in total. The number of nitrogens with two attached hydrogens (primary N) is 1. The summed E-state index contributed by atoms with van der Waals surface area (Å²) < 4.78 is 41.0. The Labute approximate surface area is 93.5 Å². The van der Waals surface area contributed by atoms with Gasteiger partial charge in [-0.1, -0.05) is 0 Å². The molecule has 1 unspecified atom stereocenters. The molecule has 0 aromatic heterocycles. The zero-order valence-corrected chi connectivity index (χ0v) is 10.2. The van der Waals surface area contributed by atoms with E-state index < -0.39 is 31.3 Å². The summed E-state index contributed by atoms with van der Waals surface area (Å²) in [5, 5.41) is 2.38. The van der Waals surface area contributed by atoms with E-state index in [2.05, 4.69) is 5.32 Å². The van der Waals surface area contributed by atoms with Crippen LogP contribution in [0.5, 0.6) is 0 Å². The molecule has 82 valence electrons. The summed E-state index contributed by atoms with van der Waals surface area (Å²) in [6.07, 6.45) is 0. The summed E-state index contributed by atoms with van der Waals surface area (Å²) in [4.78, 5) is 0. The summed E-state index contributed by atoms with van der Waals surface area (Å²) in [7, 11) is -4.31. The van der Waals surface area contributed by atoms with Gasteiger partial charge in [0, 0.05) is 0 Å². The van der Waals surface area contributed by atoms with E-state index >= 15 is 0 Å². The van der Waals surface area contributed by atoms with Crippen LogP contribution in [0.2, 0.25) is 0 Å². The van der Waals surface area contributed by atoms with Crippen molar-refractivity contribution < 1.29 is 16.7 Å². The number of benzene rings is 1. The summed E-state index contributed by atoms with van der Waals surface area (Å²) in [6.45, 7) is 0. The molecule has 0 saturated carbocycles. The maximum atomic E-state index is 10.6. The van der Waals surface area contributed by atoms with Gasteiger partial charge in [0.15, 0.2) is 0 Å². The van der Waals surface area contributed by atoms with Gasteiger partial charge < -0.3 is 0 Å². The number of nitrogens with one attached hydrogen (secondary N) is 1. The van der Waals surface area contributed by atoms with Crippen molar-refractivity contribution in [3.05, 3.63) is 24.3 Å². The van der Waals surface area contributed by atoms with Gasteiger partial charge >= 0.3 is 93.4 Å². The van der Waals surface area contributed by atoms with E-state index in [0.29, 0.717) is 10.0 Å². The normalized spacial score (nSPS) is 13.7. The molecule has 0 heterocycles. The molecule has 1 aromatic rings. The Bertz CT molecular complexity index is 445. The zero-order chi connectivity index (χ0) is 11.5. The predicted octanol–water partition coefficient (Wildman–Crippen LogP) is -1.10. The average Bonchev–Trinajstić information content (AvgIpc) is 2.17. The van der Waals surface area contributed by atoms with Crippen molar-refractivity contribution >= 4 is 35.8 Å². The summed E-state index contributed by atoms with van der Waals surface area (Å²) in [5.41, 5.74) is 4.01. The minimum absolute atomic E-state index is 0.429. The van der Waals surface area contributed by atoms with E-state index in [4.69, 9.17) is 10.3 Å². The Morgan fingerprint density at radius 3 is 2.27 bits per heavy atom. The first kappa shape index (κ1) is 12.3. The van der Waals surface area contributed by atoms with Crippen LogP contribution in [0, 0.1) is 0 Å². The van der Waals surface area contributed by atoms with Crippen molar-refractivity contribution in [2.24, 2.45) is 5.73 Å². The van der Waals surface area contributed by atoms with Crippen molar-refractivity contribution in [2.75, 3.05) is 5.32 Å². The Hall–Kier alpha value is -0.752.